The zero-order valence-electron chi connectivity index (χ0n) is 26.9. The van der Waals surface area contributed by atoms with Crippen molar-refractivity contribution >= 4 is 50.2 Å². The lowest BCUT2D eigenvalue weighted by Gasteiger charge is -2.34. The zero-order valence-corrected chi connectivity index (χ0v) is 28.6. The highest BCUT2D eigenvalue weighted by Crippen LogP contribution is 2.25. The summed E-state index contributed by atoms with van der Waals surface area (Å²) >= 11 is 1.25. The van der Waals surface area contributed by atoms with E-state index in [-0.39, 0.29) is 17.6 Å². The van der Waals surface area contributed by atoms with E-state index >= 15 is 0 Å². The van der Waals surface area contributed by atoms with Gasteiger partial charge in [-0.15, -0.1) is 11.3 Å². The number of anilines is 3. The Morgan fingerprint density at radius 2 is 1.52 bits per heavy atom. The number of benzene rings is 3. The molecule has 2 amide bonds. The van der Waals surface area contributed by atoms with Gasteiger partial charge in [-0.1, -0.05) is 31.2 Å². The molecule has 3 aromatic carbocycles. The van der Waals surface area contributed by atoms with Gasteiger partial charge in [0.05, 0.1) is 24.7 Å². The van der Waals surface area contributed by atoms with Gasteiger partial charge in [0.15, 0.2) is 5.01 Å². The standard InChI is InChI=1S/C35H40N6O5S2/c1-2-22-48(44,45)41-16-14-39(15-17-41)24-26-6-8-29(9-7-26)36-33(42)28-5-3-4-27(23-28)32-25-47-35(38-32)34(43)37-30-10-12-31(13-11-30)40-18-20-46-21-19-40/h3-13,23,25H,2,14-22,24H2,1H3,(H,36,42)(H,37,43). The molecule has 0 radical (unpaired) electrons. The Morgan fingerprint density at radius 1 is 0.854 bits per heavy atom. The Labute approximate surface area is 285 Å². The first-order chi connectivity index (χ1) is 23.3. The van der Waals surface area contributed by atoms with Crippen LogP contribution in [0.2, 0.25) is 0 Å². The molecule has 0 saturated carbocycles. The number of nitrogens with one attached hydrogen (secondary N) is 2. The van der Waals surface area contributed by atoms with Crippen LogP contribution in [-0.4, -0.2) is 92.7 Å². The molecule has 0 bridgehead atoms. The molecule has 1 aromatic heterocycles. The number of hydrogen-bond acceptors (Lipinski definition) is 9. The molecule has 48 heavy (non-hydrogen) atoms. The Morgan fingerprint density at radius 3 is 2.21 bits per heavy atom. The van der Waals surface area contributed by atoms with Gasteiger partial charge in [-0.25, -0.2) is 13.4 Å². The summed E-state index contributed by atoms with van der Waals surface area (Å²) in [5, 5.41) is 8.03. The second kappa shape index (κ2) is 15.4. The van der Waals surface area contributed by atoms with Crippen molar-refractivity contribution in [2.75, 3.05) is 73.8 Å². The van der Waals surface area contributed by atoms with E-state index < -0.39 is 10.0 Å². The van der Waals surface area contributed by atoms with Crippen LogP contribution in [0.3, 0.4) is 0 Å². The van der Waals surface area contributed by atoms with Crippen molar-refractivity contribution in [3.8, 4) is 11.3 Å². The molecule has 4 aromatic rings. The van der Waals surface area contributed by atoms with Crippen LogP contribution in [0.25, 0.3) is 11.3 Å². The number of rotatable bonds is 11. The number of sulfonamides is 1. The maximum atomic E-state index is 13.1. The smallest absolute Gasteiger partial charge is 0.284 e. The highest BCUT2D eigenvalue weighted by Gasteiger charge is 2.26. The Balaban J connectivity index is 1.01. The summed E-state index contributed by atoms with van der Waals surface area (Å²) < 4.78 is 31.7. The zero-order chi connectivity index (χ0) is 33.5. The van der Waals surface area contributed by atoms with Crippen LogP contribution in [0.5, 0.6) is 0 Å². The van der Waals surface area contributed by atoms with Gasteiger partial charge in [0, 0.05) is 79.4 Å². The fourth-order valence-corrected chi connectivity index (χ4v) is 8.01. The van der Waals surface area contributed by atoms with Crippen LogP contribution in [0, 0.1) is 0 Å². The SMILES string of the molecule is CCCS(=O)(=O)N1CCN(Cc2ccc(NC(=O)c3cccc(-c4csc(C(=O)Nc5ccc(N6CCOCC6)cc5)n4)c3)cc2)CC1. The molecule has 11 nitrogen and oxygen atoms in total. The van der Waals surface area contributed by atoms with Crippen LogP contribution < -0.4 is 15.5 Å². The minimum absolute atomic E-state index is 0.196. The fraction of sp³-hybridized carbons (Fsp3) is 0.343. The van der Waals surface area contributed by atoms with Crippen molar-refractivity contribution in [3.05, 3.63) is 94.3 Å². The molecule has 0 atom stereocenters. The fourth-order valence-electron chi connectivity index (χ4n) is 5.80. The number of thiazole rings is 1. The number of amides is 2. The molecule has 3 heterocycles. The molecule has 2 saturated heterocycles. The van der Waals surface area contributed by atoms with Crippen LogP contribution in [0.1, 0.15) is 39.1 Å². The second-order valence-corrected chi connectivity index (χ2v) is 14.8. The first-order valence-electron chi connectivity index (χ1n) is 16.2. The van der Waals surface area contributed by atoms with Gasteiger partial charge in [-0.2, -0.15) is 4.31 Å². The summed E-state index contributed by atoms with van der Waals surface area (Å²) in [6.07, 6.45) is 0.622. The van der Waals surface area contributed by atoms with Crippen molar-refractivity contribution in [3.63, 3.8) is 0 Å². The molecule has 2 aliphatic heterocycles. The number of carbonyl (C=O) groups excluding carboxylic acids is 2. The Hall–Kier alpha value is -4.14. The Kier molecular flexibility index (Phi) is 10.8. The molecule has 13 heteroatoms. The molecule has 2 N–H and O–H groups in total. The van der Waals surface area contributed by atoms with Gasteiger partial charge < -0.3 is 20.3 Å². The molecule has 0 unspecified atom stereocenters. The lowest BCUT2D eigenvalue weighted by atomic mass is 10.1. The van der Waals surface area contributed by atoms with Crippen molar-refractivity contribution < 1.29 is 22.7 Å². The predicted molar refractivity (Wildman–Crippen MR) is 190 cm³/mol. The molecule has 2 fully saturated rings. The van der Waals surface area contributed by atoms with E-state index in [2.05, 4.69) is 25.4 Å². The maximum absolute atomic E-state index is 13.1. The van der Waals surface area contributed by atoms with E-state index in [0.717, 1.165) is 29.9 Å². The normalized spacial score (nSPS) is 16.1. The lowest BCUT2D eigenvalue weighted by Crippen LogP contribution is -2.48. The summed E-state index contributed by atoms with van der Waals surface area (Å²) in [5.74, 6) is -0.339. The number of aromatic nitrogens is 1. The lowest BCUT2D eigenvalue weighted by molar-refractivity contribution is 0.101. The van der Waals surface area contributed by atoms with E-state index in [0.29, 0.717) is 80.0 Å². The minimum atomic E-state index is -3.16. The number of carbonyl (C=O) groups is 2. The largest absolute Gasteiger partial charge is 0.378 e. The third-order valence-corrected chi connectivity index (χ3v) is 11.3. The van der Waals surface area contributed by atoms with Crippen LogP contribution in [0.4, 0.5) is 17.1 Å². The second-order valence-electron chi connectivity index (χ2n) is 11.9. The van der Waals surface area contributed by atoms with Crippen molar-refractivity contribution in [1.29, 1.82) is 0 Å². The quantitative estimate of drug-likeness (QED) is 0.226. The van der Waals surface area contributed by atoms with Gasteiger partial charge in [0.2, 0.25) is 10.0 Å². The van der Waals surface area contributed by atoms with E-state index in [9.17, 15) is 18.0 Å². The highest BCUT2D eigenvalue weighted by molar-refractivity contribution is 7.89. The van der Waals surface area contributed by atoms with Gasteiger partial charge in [0.1, 0.15) is 0 Å². The average Bonchev–Trinajstić information content (AvgIpc) is 3.61. The molecule has 0 aliphatic carbocycles. The van der Waals surface area contributed by atoms with Gasteiger partial charge in [-0.05, 0) is 60.5 Å². The van der Waals surface area contributed by atoms with Crippen molar-refractivity contribution in [2.45, 2.75) is 19.9 Å². The summed E-state index contributed by atoms with van der Waals surface area (Å²) in [5.41, 5.74) is 5.40. The third kappa shape index (κ3) is 8.47. The summed E-state index contributed by atoms with van der Waals surface area (Å²) in [7, 11) is -3.16. The molecule has 6 rings (SSSR count). The van der Waals surface area contributed by atoms with E-state index in [1.54, 1.807) is 22.5 Å². The summed E-state index contributed by atoms with van der Waals surface area (Å²) in [6, 6.07) is 22.7. The third-order valence-electron chi connectivity index (χ3n) is 8.43. The highest BCUT2D eigenvalue weighted by atomic mass is 32.2. The van der Waals surface area contributed by atoms with E-state index in [1.807, 2.05) is 66.9 Å². The molecular weight excluding hydrogens is 649 g/mol. The van der Waals surface area contributed by atoms with Crippen molar-refractivity contribution in [2.24, 2.45) is 0 Å². The predicted octanol–water partition coefficient (Wildman–Crippen LogP) is 5.01. The maximum Gasteiger partial charge on any atom is 0.284 e. The molecule has 0 spiro atoms. The topological polar surface area (TPSA) is 124 Å². The molecular formula is C35H40N6O5S2. The van der Waals surface area contributed by atoms with Crippen LogP contribution in [-0.2, 0) is 21.3 Å². The summed E-state index contributed by atoms with van der Waals surface area (Å²) in [6.45, 7) is 8.11. The first-order valence-corrected chi connectivity index (χ1v) is 18.7. The number of piperazine rings is 1. The number of nitrogens with zero attached hydrogens (tertiary/aromatic N) is 4. The molecule has 2 aliphatic rings. The minimum Gasteiger partial charge on any atom is -0.378 e. The van der Waals surface area contributed by atoms with Crippen LogP contribution >= 0.6 is 11.3 Å². The van der Waals surface area contributed by atoms with E-state index in [4.69, 9.17) is 4.74 Å². The average molecular weight is 689 g/mol. The van der Waals surface area contributed by atoms with E-state index in [1.165, 1.54) is 11.3 Å². The van der Waals surface area contributed by atoms with Crippen molar-refractivity contribution in [1.82, 2.24) is 14.2 Å². The van der Waals surface area contributed by atoms with Crippen LogP contribution in [0.15, 0.2) is 78.2 Å². The number of hydrogen-bond donors (Lipinski definition) is 2. The monoisotopic (exact) mass is 688 g/mol. The van der Waals surface area contributed by atoms with Gasteiger partial charge in [0.25, 0.3) is 11.8 Å². The Bertz CT molecular complexity index is 1810. The number of morpholine rings is 1. The summed E-state index contributed by atoms with van der Waals surface area (Å²) in [4.78, 5) is 35.1. The van der Waals surface area contributed by atoms with Gasteiger partial charge in [-0.3, -0.25) is 14.5 Å². The molecule has 252 valence electrons. The van der Waals surface area contributed by atoms with Gasteiger partial charge >= 0.3 is 0 Å². The first kappa shape index (κ1) is 33.7. The number of ether oxygens (including phenoxy) is 1.